The lowest BCUT2D eigenvalue weighted by Crippen LogP contribution is -2.24. The van der Waals surface area contributed by atoms with Crippen LogP contribution in [0.4, 0.5) is 5.69 Å². The maximum absolute atomic E-state index is 9.79. The molecule has 0 aliphatic heterocycles. The summed E-state index contributed by atoms with van der Waals surface area (Å²) in [6.45, 7) is 0.888. The number of nitrogens with two attached hydrogens (primary N) is 1. The lowest BCUT2D eigenvalue weighted by atomic mass is 10.3. The zero-order valence-corrected chi connectivity index (χ0v) is 11.8. The molecule has 2 aromatic rings. The van der Waals surface area contributed by atoms with Gasteiger partial charge in [0.2, 0.25) is 0 Å². The van der Waals surface area contributed by atoms with Crippen molar-refractivity contribution in [3.63, 3.8) is 0 Å². The van der Waals surface area contributed by atoms with E-state index < -0.39 is 6.10 Å². The number of benzene rings is 1. The smallest absolute Gasteiger partial charge is 0.142 e. The number of nitrogens with zero attached hydrogens (tertiary/aromatic N) is 1. The summed E-state index contributed by atoms with van der Waals surface area (Å²) in [5, 5.41) is 9.79. The van der Waals surface area contributed by atoms with Crippen LogP contribution in [0.5, 0.6) is 5.75 Å². The minimum absolute atomic E-state index is 0.151. The molecule has 112 valence electrons. The summed E-state index contributed by atoms with van der Waals surface area (Å²) < 4.78 is 10.9. The largest absolute Gasteiger partial charge is 0.489 e. The van der Waals surface area contributed by atoms with E-state index in [0.717, 1.165) is 12.1 Å². The highest BCUT2D eigenvalue weighted by atomic mass is 16.5. The van der Waals surface area contributed by atoms with Gasteiger partial charge in [-0.15, -0.1) is 0 Å². The average molecular weight is 288 g/mol. The predicted octanol–water partition coefficient (Wildman–Crippen LogP) is 1.66. The quantitative estimate of drug-likeness (QED) is 0.570. The molecule has 0 bridgehead atoms. The van der Waals surface area contributed by atoms with Gasteiger partial charge in [0, 0.05) is 18.3 Å². The minimum atomic E-state index is -0.687. The molecule has 1 aromatic carbocycles. The number of aliphatic hydroxyl groups is 1. The summed E-state index contributed by atoms with van der Waals surface area (Å²) in [4.78, 5) is 4.20. The van der Waals surface area contributed by atoms with Crippen molar-refractivity contribution in [3.05, 3.63) is 54.4 Å². The minimum Gasteiger partial charge on any atom is -0.489 e. The van der Waals surface area contributed by atoms with Gasteiger partial charge in [-0.3, -0.25) is 4.98 Å². The topological polar surface area (TPSA) is 77.6 Å². The van der Waals surface area contributed by atoms with Crippen molar-refractivity contribution in [2.24, 2.45) is 0 Å². The van der Waals surface area contributed by atoms with Gasteiger partial charge in [-0.25, -0.2) is 0 Å². The Morgan fingerprint density at radius 1 is 1.10 bits per heavy atom. The summed E-state index contributed by atoms with van der Waals surface area (Å²) in [5.74, 6) is 0.574. The Hall–Kier alpha value is -2.11. The van der Waals surface area contributed by atoms with E-state index in [1.165, 1.54) is 0 Å². The van der Waals surface area contributed by atoms with E-state index in [4.69, 9.17) is 15.2 Å². The van der Waals surface area contributed by atoms with Gasteiger partial charge in [-0.2, -0.15) is 0 Å². The lowest BCUT2D eigenvalue weighted by molar-refractivity contribution is 0.0131. The lowest BCUT2D eigenvalue weighted by Gasteiger charge is -2.13. The van der Waals surface area contributed by atoms with Crippen LogP contribution in [0.15, 0.2) is 48.7 Å². The maximum atomic E-state index is 9.79. The summed E-state index contributed by atoms with van der Waals surface area (Å²) in [7, 11) is 0. The average Bonchev–Trinajstić information content (AvgIpc) is 2.52. The van der Waals surface area contributed by atoms with E-state index in [1.807, 2.05) is 30.3 Å². The molecule has 0 aliphatic rings. The third kappa shape index (κ3) is 5.41. The highest BCUT2D eigenvalue weighted by molar-refractivity contribution is 5.51. The second kappa shape index (κ2) is 8.24. The van der Waals surface area contributed by atoms with Gasteiger partial charge >= 0.3 is 0 Å². The molecule has 0 radical (unpaired) electrons. The SMILES string of the molecule is Nc1ccccc1OCC(O)COCCc1ccccn1. The number of hydrogen-bond donors (Lipinski definition) is 2. The molecule has 0 spiro atoms. The van der Waals surface area contributed by atoms with E-state index >= 15 is 0 Å². The van der Waals surface area contributed by atoms with E-state index in [0.29, 0.717) is 18.0 Å². The van der Waals surface area contributed by atoms with Crippen molar-refractivity contribution in [3.8, 4) is 5.75 Å². The predicted molar refractivity (Wildman–Crippen MR) is 81.1 cm³/mol. The first-order chi connectivity index (χ1) is 10.3. The van der Waals surface area contributed by atoms with Crippen molar-refractivity contribution >= 4 is 5.69 Å². The first-order valence-electron chi connectivity index (χ1n) is 6.88. The molecule has 21 heavy (non-hydrogen) atoms. The summed E-state index contributed by atoms with van der Waals surface area (Å²) >= 11 is 0. The molecular formula is C16H20N2O3. The molecular weight excluding hydrogens is 268 g/mol. The van der Waals surface area contributed by atoms with Crippen molar-refractivity contribution in [2.45, 2.75) is 12.5 Å². The van der Waals surface area contributed by atoms with Crippen LogP contribution in [0.25, 0.3) is 0 Å². The molecule has 2 rings (SSSR count). The molecule has 0 aliphatic carbocycles. The van der Waals surface area contributed by atoms with Crippen molar-refractivity contribution in [1.82, 2.24) is 4.98 Å². The van der Waals surface area contributed by atoms with Crippen molar-refractivity contribution < 1.29 is 14.6 Å². The highest BCUT2D eigenvalue weighted by Gasteiger charge is 2.07. The van der Waals surface area contributed by atoms with Crippen LogP contribution in [0.1, 0.15) is 5.69 Å². The van der Waals surface area contributed by atoms with Crippen LogP contribution in [0.2, 0.25) is 0 Å². The van der Waals surface area contributed by atoms with Crippen LogP contribution >= 0.6 is 0 Å². The van der Waals surface area contributed by atoms with Crippen LogP contribution in [-0.2, 0) is 11.2 Å². The van der Waals surface area contributed by atoms with Gasteiger partial charge in [0.15, 0.2) is 0 Å². The monoisotopic (exact) mass is 288 g/mol. The number of aromatic nitrogens is 1. The Bertz CT molecular complexity index is 534. The third-order valence-corrected chi connectivity index (χ3v) is 2.89. The number of pyridine rings is 1. The number of ether oxygens (including phenoxy) is 2. The van der Waals surface area contributed by atoms with Crippen molar-refractivity contribution in [1.29, 1.82) is 0 Å². The first kappa shape index (κ1) is 15.3. The highest BCUT2D eigenvalue weighted by Crippen LogP contribution is 2.19. The second-order valence-corrected chi connectivity index (χ2v) is 4.65. The van der Waals surface area contributed by atoms with Crippen LogP contribution < -0.4 is 10.5 Å². The van der Waals surface area contributed by atoms with E-state index in [1.54, 1.807) is 18.3 Å². The van der Waals surface area contributed by atoms with Crippen LogP contribution in [0.3, 0.4) is 0 Å². The number of hydrogen-bond acceptors (Lipinski definition) is 5. The summed E-state index contributed by atoms with van der Waals surface area (Å²) in [5.41, 5.74) is 7.28. The fourth-order valence-electron chi connectivity index (χ4n) is 1.79. The summed E-state index contributed by atoms with van der Waals surface area (Å²) in [6, 6.07) is 13.0. The number of rotatable bonds is 8. The van der Waals surface area contributed by atoms with Gasteiger partial charge in [-0.1, -0.05) is 18.2 Å². The number of nitrogen functional groups attached to an aromatic ring is 1. The Kier molecular flexibility index (Phi) is 5.99. The van der Waals surface area contributed by atoms with Gasteiger partial charge in [0.1, 0.15) is 18.5 Å². The number of para-hydroxylation sites is 2. The van der Waals surface area contributed by atoms with Gasteiger partial charge in [0.25, 0.3) is 0 Å². The standard InChI is InChI=1S/C16H20N2O3/c17-15-6-1-2-7-16(15)21-12-14(19)11-20-10-8-13-5-3-4-9-18-13/h1-7,9,14,19H,8,10-12,17H2. The molecule has 0 amide bonds. The second-order valence-electron chi connectivity index (χ2n) is 4.65. The Morgan fingerprint density at radius 3 is 2.67 bits per heavy atom. The molecule has 1 aromatic heterocycles. The van der Waals surface area contributed by atoms with Crippen LogP contribution in [0, 0.1) is 0 Å². The molecule has 1 heterocycles. The number of aliphatic hydroxyl groups excluding tert-OH is 1. The molecule has 1 atom stereocenters. The Balaban J connectivity index is 1.62. The molecule has 0 saturated heterocycles. The molecule has 0 fully saturated rings. The fourth-order valence-corrected chi connectivity index (χ4v) is 1.79. The van der Waals surface area contributed by atoms with E-state index in [2.05, 4.69) is 4.98 Å². The van der Waals surface area contributed by atoms with E-state index in [9.17, 15) is 5.11 Å². The molecule has 5 nitrogen and oxygen atoms in total. The van der Waals surface area contributed by atoms with Gasteiger partial charge in [0.05, 0.1) is 18.9 Å². The van der Waals surface area contributed by atoms with Gasteiger partial charge < -0.3 is 20.3 Å². The van der Waals surface area contributed by atoms with E-state index in [-0.39, 0.29) is 13.2 Å². The Morgan fingerprint density at radius 2 is 1.90 bits per heavy atom. The molecule has 3 N–H and O–H groups in total. The zero-order chi connectivity index (χ0) is 14.9. The molecule has 1 unspecified atom stereocenters. The fraction of sp³-hybridized carbons (Fsp3) is 0.312. The number of anilines is 1. The maximum Gasteiger partial charge on any atom is 0.142 e. The zero-order valence-electron chi connectivity index (χ0n) is 11.8. The summed E-state index contributed by atoms with van der Waals surface area (Å²) in [6.07, 6.45) is 1.79. The third-order valence-electron chi connectivity index (χ3n) is 2.89. The normalized spacial score (nSPS) is 12.0. The molecule has 0 saturated carbocycles. The van der Waals surface area contributed by atoms with Crippen LogP contribution in [-0.4, -0.2) is 36.0 Å². The molecule has 5 heteroatoms. The first-order valence-corrected chi connectivity index (χ1v) is 6.88. The van der Waals surface area contributed by atoms with Gasteiger partial charge in [-0.05, 0) is 24.3 Å². The Labute approximate surface area is 124 Å². The van der Waals surface area contributed by atoms with Crippen molar-refractivity contribution in [2.75, 3.05) is 25.6 Å².